The highest BCUT2D eigenvalue weighted by Crippen LogP contribution is 2.33. The van der Waals surface area contributed by atoms with E-state index in [2.05, 4.69) is 47.8 Å². The van der Waals surface area contributed by atoms with E-state index in [-0.39, 0.29) is 36.3 Å². The Bertz CT molecular complexity index is 1940. The fourth-order valence-electron chi connectivity index (χ4n) is 6.90. The summed E-state index contributed by atoms with van der Waals surface area (Å²) in [5, 5.41) is 18.2. The molecule has 0 radical (unpaired) electrons. The number of methoxy groups -OCH3 is 2. The van der Waals surface area contributed by atoms with Crippen molar-refractivity contribution < 1.29 is 33.8 Å². The SMILES string of the molecule is COC(=O)N[C@H](C(=O)NCCCCc1nc(-c2ccc(-c3ccc(-c4cnc([C@@H]5CCCN5C(=O)[C@@H](NC(=O)OC)C(C)C)[nH]4)cc3)cc2)c(CO)[nH]1)C(C)C. The van der Waals surface area contributed by atoms with E-state index in [0.29, 0.717) is 43.1 Å². The molecule has 3 atom stereocenters. The van der Waals surface area contributed by atoms with Crippen molar-refractivity contribution in [3.63, 3.8) is 0 Å². The molecule has 4 aromatic rings. The minimum Gasteiger partial charge on any atom is -0.453 e. The van der Waals surface area contributed by atoms with Crippen molar-refractivity contribution in [2.45, 2.75) is 84.5 Å². The predicted octanol–water partition coefficient (Wildman–Crippen LogP) is 5.49. The third-order valence-electron chi connectivity index (χ3n) is 10.1. The molecule has 0 bridgehead atoms. The number of benzene rings is 2. The van der Waals surface area contributed by atoms with Gasteiger partial charge in [0.25, 0.3) is 0 Å². The summed E-state index contributed by atoms with van der Waals surface area (Å²) in [6, 6.07) is 14.6. The Kier molecular flexibility index (Phi) is 14.3. The van der Waals surface area contributed by atoms with Gasteiger partial charge >= 0.3 is 12.2 Å². The van der Waals surface area contributed by atoms with Gasteiger partial charge in [-0.25, -0.2) is 19.6 Å². The zero-order chi connectivity index (χ0) is 40.4. The van der Waals surface area contributed by atoms with Crippen LogP contribution in [0.3, 0.4) is 0 Å². The van der Waals surface area contributed by atoms with E-state index in [1.807, 2.05) is 64.1 Å². The highest BCUT2D eigenvalue weighted by Gasteiger charge is 2.37. The summed E-state index contributed by atoms with van der Waals surface area (Å²) in [4.78, 5) is 67.5. The first-order valence-electron chi connectivity index (χ1n) is 19.2. The molecule has 0 unspecified atom stereocenters. The lowest BCUT2D eigenvalue weighted by Gasteiger charge is -2.30. The molecular weight excluding hydrogens is 716 g/mol. The van der Waals surface area contributed by atoms with Gasteiger partial charge in [0.05, 0.1) is 50.1 Å². The molecule has 5 rings (SSSR count). The van der Waals surface area contributed by atoms with Gasteiger partial charge in [-0.2, -0.15) is 0 Å². The molecule has 3 heterocycles. The molecule has 2 aromatic heterocycles. The van der Waals surface area contributed by atoms with E-state index in [9.17, 15) is 24.3 Å². The number of hydrogen-bond acceptors (Lipinski definition) is 9. The molecule has 1 saturated heterocycles. The first-order valence-corrected chi connectivity index (χ1v) is 19.2. The lowest BCUT2D eigenvalue weighted by Crippen LogP contribution is -2.51. The number of aromatic nitrogens is 4. The molecule has 1 aliphatic rings. The third-order valence-corrected chi connectivity index (χ3v) is 10.1. The molecule has 1 aliphatic heterocycles. The highest BCUT2D eigenvalue weighted by molar-refractivity contribution is 5.87. The third kappa shape index (κ3) is 10.1. The van der Waals surface area contributed by atoms with Gasteiger partial charge in [0, 0.05) is 25.1 Å². The molecule has 0 saturated carbocycles. The second kappa shape index (κ2) is 19.2. The summed E-state index contributed by atoms with van der Waals surface area (Å²) in [6.45, 7) is 8.36. The smallest absolute Gasteiger partial charge is 0.407 e. The molecule has 300 valence electrons. The molecule has 0 aliphatic carbocycles. The summed E-state index contributed by atoms with van der Waals surface area (Å²) in [5.74, 6) is 0.863. The number of rotatable bonds is 16. The molecule has 0 spiro atoms. The molecule has 2 aromatic carbocycles. The molecule has 15 heteroatoms. The van der Waals surface area contributed by atoms with Crippen molar-refractivity contribution in [1.29, 1.82) is 0 Å². The van der Waals surface area contributed by atoms with Crippen molar-refractivity contribution >= 4 is 24.0 Å². The number of amides is 4. The Morgan fingerprint density at radius 1 is 0.839 bits per heavy atom. The normalized spacial score (nSPS) is 15.1. The minimum atomic E-state index is -0.694. The largest absolute Gasteiger partial charge is 0.453 e. The Morgan fingerprint density at radius 3 is 2.02 bits per heavy atom. The number of aryl methyl sites for hydroxylation is 1. The maximum absolute atomic E-state index is 13.5. The Labute approximate surface area is 327 Å². The molecule has 4 amide bonds. The first kappa shape index (κ1) is 41.5. The summed E-state index contributed by atoms with van der Waals surface area (Å²) in [6.07, 6.45) is 4.25. The fraction of sp³-hybridized carbons (Fsp3) is 0.463. The summed E-state index contributed by atoms with van der Waals surface area (Å²) in [7, 11) is 2.55. The van der Waals surface area contributed by atoms with Crippen LogP contribution in [-0.2, 0) is 32.1 Å². The van der Waals surface area contributed by atoms with Gasteiger partial charge < -0.3 is 45.4 Å². The minimum absolute atomic E-state index is 0.0937. The van der Waals surface area contributed by atoms with E-state index in [4.69, 9.17) is 9.72 Å². The maximum atomic E-state index is 13.5. The highest BCUT2D eigenvalue weighted by atomic mass is 16.5. The van der Waals surface area contributed by atoms with Gasteiger partial charge in [0.1, 0.15) is 23.7 Å². The molecular formula is C41H54N8O7. The number of nitrogens with one attached hydrogen (secondary N) is 5. The number of ether oxygens (including phenoxy) is 2. The van der Waals surface area contributed by atoms with Crippen LogP contribution < -0.4 is 16.0 Å². The van der Waals surface area contributed by atoms with Crippen LogP contribution in [-0.4, -0.2) is 93.3 Å². The van der Waals surface area contributed by atoms with E-state index >= 15 is 0 Å². The number of aliphatic hydroxyl groups is 1. The monoisotopic (exact) mass is 770 g/mol. The number of aliphatic hydroxyl groups excluding tert-OH is 1. The zero-order valence-electron chi connectivity index (χ0n) is 33.0. The number of nitrogens with zero attached hydrogens (tertiary/aromatic N) is 3. The fourth-order valence-corrected chi connectivity index (χ4v) is 6.90. The van der Waals surface area contributed by atoms with Crippen molar-refractivity contribution in [3.8, 4) is 33.6 Å². The van der Waals surface area contributed by atoms with E-state index in [1.165, 1.54) is 14.2 Å². The lowest BCUT2D eigenvalue weighted by molar-refractivity contribution is -0.135. The van der Waals surface area contributed by atoms with Crippen LogP contribution >= 0.6 is 0 Å². The average molecular weight is 771 g/mol. The first-order chi connectivity index (χ1) is 26.9. The van der Waals surface area contributed by atoms with Crippen LogP contribution in [0.15, 0.2) is 54.7 Å². The molecule has 1 fully saturated rings. The van der Waals surface area contributed by atoms with Crippen molar-refractivity contribution in [1.82, 2.24) is 40.8 Å². The van der Waals surface area contributed by atoms with Crippen molar-refractivity contribution in [3.05, 3.63) is 72.1 Å². The number of imidazole rings is 2. The predicted molar refractivity (Wildman–Crippen MR) is 211 cm³/mol. The number of aromatic amines is 2. The van der Waals surface area contributed by atoms with E-state index < -0.39 is 24.3 Å². The van der Waals surface area contributed by atoms with Crippen LogP contribution in [0, 0.1) is 11.8 Å². The van der Waals surface area contributed by atoms with Crippen LogP contribution in [0.4, 0.5) is 9.59 Å². The Morgan fingerprint density at radius 2 is 1.43 bits per heavy atom. The maximum Gasteiger partial charge on any atom is 0.407 e. The van der Waals surface area contributed by atoms with Crippen molar-refractivity contribution in [2.24, 2.45) is 11.8 Å². The molecule has 15 nitrogen and oxygen atoms in total. The van der Waals surface area contributed by atoms with Gasteiger partial charge in [-0.15, -0.1) is 0 Å². The van der Waals surface area contributed by atoms with Gasteiger partial charge in [0.15, 0.2) is 0 Å². The lowest BCUT2D eigenvalue weighted by atomic mass is 10.0. The van der Waals surface area contributed by atoms with Crippen LogP contribution in [0.2, 0.25) is 0 Å². The van der Waals surface area contributed by atoms with Crippen LogP contribution in [0.1, 0.15) is 76.8 Å². The van der Waals surface area contributed by atoms with Gasteiger partial charge in [-0.3, -0.25) is 9.59 Å². The summed E-state index contributed by atoms with van der Waals surface area (Å²) < 4.78 is 9.38. The van der Waals surface area contributed by atoms with E-state index in [0.717, 1.165) is 53.0 Å². The molecule has 6 N–H and O–H groups in total. The second-order valence-electron chi connectivity index (χ2n) is 14.7. The number of alkyl carbamates (subject to hydrolysis) is 2. The van der Waals surface area contributed by atoms with Gasteiger partial charge in [-0.05, 0) is 54.2 Å². The quantitative estimate of drug-likeness (QED) is 0.0797. The number of hydrogen-bond donors (Lipinski definition) is 6. The Hall–Kier alpha value is -5.70. The number of unbranched alkanes of at least 4 members (excludes halogenated alkanes) is 1. The topological polar surface area (TPSA) is 204 Å². The van der Waals surface area contributed by atoms with Gasteiger partial charge in [0.2, 0.25) is 11.8 Å². The van der Waals surface area contributed by atoms with E-state index in [1.54, 1.807) is 11.1 Å². The van der Waals surface area contributed by atoms with Crippen molar-refractivity contribution in [2.75, 3.05) is 27.3 Å². The summed E-state index contributed by atoms with van der Waals surface area (Å²) in [5.41, 5.74) is 6.08. The average Bonchev–Trinajstić information content (AvgIpc) is 3.98. The zero-order valence-corrected chi connectivity index (χ0v) is 33.0. The second-order valence-corrected chi connectivity index (χ2v) is 14.7. The van der Waals surface area contributed by atoms with Crippen LogP contribution in [0.25, 0.3) is 33.6 Å². The van der Waals surface area contributed by atoms with Crippen LogP contribution in [0.5, 0.6) is 0 Å². The summed E-state index contributed by atoms with van der Waals surface area (Å²) >= 11 is 0. The number of H-pyrrole nitrogens is 2. The standard InChI is InChI=1S/C41H54N8O7/c1-24(2)34(47-40(53)55-5)38(51)42-20-8-7-11-33-44-31(23-50)36(46-33)29-18-14-27(15-19-29)26-12-16-28(17-13-26)30-22-43-37(45-30)32-10-9-21-49(32)39(52)35(25(3)4)48-41(54)56-6/h12-19,22,24-25,32,34-35,50H,7-11,20-21,23H2,1-6H3,(H,42,51)(H,43,45)(H,44,46)(H,47,53)(H,48,54)/t32-,34-,35-/m0/s1. The molecule has 56 heavy (non-hydrogen) atoms. The van der Waals surface area contributed by atoms with Gasteiger partial charge in [-0.1, -0.05) is 76.2 Å². The number of carbonyl (C=O) groups excluding carboxylic acids is 4. The Balaban J connectivity index is 1.17. The number of likely N-dealkylation sites (tertiary alicyclic amines) is 1. The number of carbonyl (C=O) groups is 4.